The number of amides is 1. The lowest BCUT2D eigenvalue weighted by Gasteiger charge is -2.18. The van der Waals surface area contributed by atoms with Crippen molar-refractivity contribution in [2.24, 2.45) is 0 Å². The first-order chi connectivity index (χ1) is 14.8. The molecule has 0 saturated heterocycles. The summed E-state index contributed by atoms with van der Waals surface area (Å²) in [7, 11) is 0. The number of rotatable bonds is 7. The van der Waals surface area contributed by atoms with Gasteiger partial charge in [-0.25, -0.2) is 4.98 Å². The Hall–Kier alpha value is -2.96. The number of nitrogens with one attached hydrogen (secondary N) is 1. The fraction of sp³-hybridized carbons (Fsp3) is 0.292. The van der Waals surface area contributed by atoms with E-state index >= 15 is 0 Å². The normalized spacial score (nSPS) is 11.9. The second kappa shape index (κ2) is 9.90. The van der Waals surface area contributed by atoms with Crippen molar-refractivity contribution in [3.05, 3.63) is 86.3 Å². The van der Waals surface area contributed by atoms with Gasteiger partial charge in [-0.2, -0.15) is 0 Å². The van der Waals surface area contributed by atoms with Crippen molar-refractivity contribution in [1.82, 2.24) is 14.9 Å². The zero-order chi connectivity index (χ0) is 22.5. The van der Waals surface area contributed by atoms with Gasteiger partial charge in [0.05, 0.1) is 6.04 Å². The summed E-state index contributed by atoms with van der Waals surface area (Å²) in [6, 6.07) is 14.7. The number of aromatic nitrogens is 2. The Morgan fingerprint density at radius 2 is 1.77 bits per heavy atom. The SMILES string of the molecule is Cc1ccc(C(C)NC(=O)Cn2c(-c3ccc(Cl)cc3)nc(C)c(CCO)c2=O)cc1. The first-order valence-electron chi connectivity index (χ1n) is 10.1. The predicted octanol–water partition coefficient (Wildman–Crippen LogP) is 3.59. The number of carbonyl (C=O) groups excluding carboxylic acids is 1. The van der Waals surface area contributed by atoms with Crippen molar-refractivity contribution in [2.75, 3.05) is 6.61 Å². The molecule has 0 fully saturated rings. The molecule has 1 amide bonds. The molecule has 1 atom stereocenters. The van der Waals surface area contributed by atoms with E-state index in [4.69, 9.17) is 11.6 Å². The Labute approximate surface area is 186 Å². The van der Waals surface area contributed by atoms with Gasteiger partial charge in [-0.3, -0.25) is 14.2 Å². The zero-order valence-electron chi connectivity index (χ0n) is 17.9. The Balaban J connectivity index is 1.94. The van der Waals surface area contributed by atoms with Crippen molar-refractivity contribution < 1.29 is 9.90 Å². The molecule has 3 aromatic rings. The third-order valence-electron chi connectivity index (χ3n) is 5.19. The Bertz CT molecular complexity index is 1120. The van der Waals surface area contributed by atoms with Crippen molar-refractivity contribution in [2.45, 2.75) is 39.8 Å². The van der Waals surface area contributed by atoms with E-state index in [2.05, 4.69) is 10.3 Å². The van der Waals surface area contributed by atoms with Crippen LogP contribution in [0.25, 0.3) is 11.4 Å². The highest BCUT2D eigenvalue weighted by Crippen LogP contribution is 2.20. The monoisotopic (exact) mass is 439 g/mol. The van der Waals surface area contributed by atoms with Crippen LogP contribution in [0.5, 0.6) is 0 Å². The molecule has 31 heavy (non-hydrogen) atoms. The van der Waals surface area contributed by atoms with Gasteiger partial charge >= 0.3 is 0 Å². The first kappa shape index (κ1) is 22.7. The average molecular weight is 440 g/mol. The van der Waals surface area contributed by atoms with Gasteiger partial charge in [-0.05, 0) is 50.6 Å². The van der Waals surface area contributed by atoms with E-state index in [1.54, 1.807) is 31.2 Å². The maximum atomic E-state index is 13.2. The number of carbonyl (C=O) groups is 1. The molecule has 1 unspecified atom stereocenters. The van der Waals surface area contributed by atoms with Crippen molar-refractivity contribution >= 4 is 17.5 Å². The van der Waals surface area contributed by atoms with Crippen LogP contribution in [0.4, 0.5) is 0 Å². The van der Waals surface area contributed by atoms with E-state index in [0.29, 0.717) is 27.7 Å². The predicted molar refractivity (Wildman–Crippen MR) is 122 cm³/mol. The molecule has 162 valence electrons. The standard InChI is InChI=1S/C24H26ClN3O3/c1-15-4-6-18(7-5-15)16(2)26-22(30)14-28-23(19-8-10-20(25)11-9-19)27-17(3)21(12-13-29)24(28)31/h4-11,16,29H,12-14H2,1-3H3,(H,26,30). The minimum atomic E-state index is -0.329. The number of aliphatic hydroxyl groups is 1. The lowest BCUT2D eigenvalue weighted by Crippen LogP contribution is -2.36. The summed E-state index contributed by atoms with van der Waals surface area (Å²) in [5.74, 6) is 0.0879. The summed E-state index contributed by atoms with van der Waals surface area (Å²) in [5, 5.41) is 12.9. The maximum Gasteiger partial charge on any atom is 0.257 e. The molecular formula is C24H26ClN3O3. The van der Waals surface area contributed by atoms with E-state index < -0.39 is 0 Å². The highest BCUT2D eigenvalue weighted by molar-refractivity contribution is 6.30. The molecule has 0 aliphatic carbocycles. The molecule has 6 nitrogen and oxygen atoms in total. The second-order valence-electron chi connectivity index (χ2n) is 7.57. The molecule has 0 saturated carbocycles. The minimum Gasteiger partial charge on any atom is -0.396 e. The van der Waals surface area contributed by atoms with Crippen LogP contribution < -0.4 is 10.9 Å². The average Bonchev–Trinajstić information content (AvgIpc) is 2.74. The van der Waals surface area contributed by atoms with Crippen LogP contribution in [0.1, 0.15) is 35.3 Å². The van der Waals surface area contributed by atoms with Crippen LogP contribution >= 0.6 is 11.6 Å². The van der Waals surface area contributed by atoms with E-state index in [1.165, 1.54) is 4.57 Å². The summed E-state index contributed by atoms with van der Waals surface area (Å²) in [6.07, 6.45) is 0.181. The Kier molecular flexibility index (Phi) is 7.25. The van der Waals surface area contributed by atoms with E-state index in [9.17, 15) is 14.7 Å². The number of halogens is 1. The van der Waals surface area contributed by atoms with Crippen LogP contribution in [-0.2, 0) is 17.8 Å². The van der Waals surface area contributed by atoms with Crippen molar-refractivity contribution in [3.63, 3.8) is 0 Å². The van der Waals surface area contributed by atoms with Crippen LogP contribution in [0.2, 0.25) is 5.02 Å². The van der Waals surface area contributed by atoms with Gasteiger partial charge in [-0.15, -0.1) is 0 Å². The van der Waals surface area contributed by atoms with Crippen LogP contribution in [0.15, 0.2) is 53.3 Å². The molecule has 7 heteroatoms. The van der Waals surface area contributed by atoms with Gasteiger partial charge in [0.1, 0.15) is 12.4 Å². The zero-order valence-corrected chi connectivity index (χ0v) is 18.6. The van der Waals surface area contributed by atoms with E-state index in [1.807, 2.05) is 38.1 Å². The van der Waals surface area contributed by atoms with Gasteiger partial charge in [-0.1, -0.05) is 41.4 Å². The fourth-order valence-corrected chi connectivity index (χ4v) is 3.56. The maximum absolute atomic E-state index is 13.2. The highest BCUT2D eigenvalue weighted by atomic mass is 35.5. The highest BCUT2D eigenvalue weighted by Gasteiger charge is 2.19. The van der Waals surface area contributed by atoms with E-state index in [0.717, 1.165) is 11.1 Å². The molecule has 1 heterocycles. The van der Waals surface area contributed by atoms with Gasteiger partial charge in [0.25, 0.3) is 5.56 Å². The minimum absolute atomic E-state index is 0.172. The third-order valence-corrected chi connectivity index (χ3v) is 5.44. The summed E-state index contributed by atoms with van der Waals surface area (Å²) >= 11 is 6.00. The number of aryl methyl sites for hydroxylation is 2. The number of nitrogens with zero attached hydrogens (tertiary/aromatic N) is 2. The van der Waals surface area contributed by atoms with Crippen molar-refractivity contribution in [1.29, 1.82) is 0 Å². The third kappa shape index (κ3) is 5.40. The molecule has 2 aromatic carbocycles. The Morgan fingerprint density at radius 3 is 2.39 bits per heavy atom. The van der Waals surface area contributed by atoms with Gasteiger partial charge in [0, 0.05) is 34.9 Å². The second-order valence-corrected chi connectivity index (χ2v) is 8.01. The molecule has 3 rings (SSSR count). The smallest absolute Gasteiger partial charge is 0.257 e. The lowest BCUT2D eigenvalue weighted by molar-refractivity contribution is -0.122. The molecule has 0 aliphatic heterocycles. The number of hydrogen-bond donors (Lipinski definition) is 2. The molecule has 0 spiro atoms. The van der Waals surface area contributed by atoms with Crippen LogP contribution in [0, 0.1) is 13.8 Å². The number of aliphatic hydroxyl groups excluding tert-OH is 1. The van der Waals surface area contributed by atoms with Gasteiger partial charge < -0.3 is 10.4 Å². The largest absolute Gasteiger partial charge is 0.396 e. The van der Waals surface area contributed by atoms with E-state index in [-0.39, 0.29) is 37.1 Å². The summed E-state index contributed by atoms with van der Waals surface area (Å²) in [5.41, 5.74) is 3.41. The molecule has 1 aromatic heterocycles. The molecule has 0 radical (unpaired) electrons. The molecule has 0 aliphatic rings. The Morgan fingerprint density at radius 1 is 1.13 bits per heavy atom. The fourth-order valence-electron chi connectivity index (χ4n) is 3.44. The quantitative estimate of drug-likeness (QED) is 0.589. The van der Waals surface area contributed by atoms with Crippen LogP contribution in [0.3, 0.4) is 0 Å². The first-order valence-corrected chi connectivity index (χ1v) is 10.5. The lowest BCUT2D eigenvalue weighted by atomic mass is 10.1. The molecule has 2 N–H and O–H groups in total. The molecule has 0 bridgehead atoms. The number of hydrogen-bond acceptors (Lipinski definition) is 4. The number of benzene rings is 2. The van der Waals surface area contributed by atoms with Gasteiger partial charge in [0.2, 0.25) is 5.91 Å². The topological polar surface area (TPSA) is 84.2 Å². The van der Waals surface area contributed by atoms with Gasteiger partial charge in [0.15, 0.2) is 0 Å². The summed E-state index contributed by atoms with van der Waals surface area (Å²) < 4.78 is 1.36. The molecular weight excluding hydrogens is 414 g/mol. The van der Waals surface area contributed by atoms with Crippen molar-refractivity contribution in [3.8, 4) is 11.4 Å². The van der Waals surface area contributed by atoms with Crippen LogP contribution in [-0.4, -0.2) is 27.2 Å². The summed E-state index contributed by atoms with van der Waals surface area (Å²) in [6.45, 7) is 5.28. The summed E-state index contributed by atoms with van der Waals surface area (Å²) in [4.78, 5) is 30.6.